The second-order valence-corrected chi connectivity index (χ2v) is 10.0. The SMILES string of the molecule is Cc1cc(NC(=O)C(CC(C)C)NS(=O)(=O)c2ccc3nc(C)sc3c2)n[nH]1. The van der Waals surface area contributed by atoms with Crippen molar-refractivity contribution in [1.82, 2.24) is 19.9 Å². The number of H-pyrrole nitrogens is 1. The van der Waals surface area contributed by atoms with E-state index in [0.717, 1.165) is 20.9 Å². The highest BCUT2D eigenvalue weighted by molar-refractivity contribution is 7.89. The van der Waals surface area contributed by atoms with E-state index in [9.17, 15) is 13.2 Å². The van der Waals surface area contributed by atoms with Gasteiger partial charge >= 0.3 is 0 Å². The van der Waals surface area contributed by atoms with Crippen molar-refractivity contribution in [3.05, 3.63) is 35.0 Å². The molecule has 1 atom stereocenters. The van der Waals surface area contributed by atoms with Crippen molar-refractivity contribution >= 4 is 43.3 Å². The summed E-state index contributed by atoms with van der Waals surface area (Å²) in [5.74, 6) is 0.0292. The third-order valence-corrected chi connectivity index (χ3v) is 6.46. The first kappa shape index (κ1) is 20.4. The van der Waals surface area contributed by atoms with E-state index in [1.54, 1.807) is 18.2 Å². The molecule has 10 heteroatoms. The van der Waals surface area contributed by atoms with Crippen LogP contribution in [0, 0.1) is 19.8 Å². The third kappa shape index (κ3) is 4.75. The van der Waals surface area contributed by atoms with E-state index in [-0.39, 0.29) is 10.8 Å². The Bertz CT molecular complexity index is 1100. The molecule has 8 nitrogen and oxygen atoms in total. The Morgan fingerprint density at radius 1 is 1.25 bits per heavy atom. The number of benzene rings is 1. The van der Waals surface area contributed by atoms with Gasteiger partial charge in [-0.1, -0.05) is 13.8 Å². The molecule has 150 valence electrons. The largest absolute Gasteiger partial charge is 0.308 e. The lowest BCUT2D eigenvalue weighted by Crippen LogP contribution is -2.44. The van der Waals surface area contributed by atoms with Crippen LogP contribution >= 0.6 is 11.3 Å². The van der Waals surface area contributed by atoms with Crippen LogP contribution < -0.4 is 10.0 Å². The molecule has 0 fully saturated rings. The highest BCUT2D eigenvalue weighted by Gasteiger charge is 2.27. The molecule has 3 aromatic rings. The van der Waals surface area contributed by atoms with Gasteiger partial charge in [-0.25, -0.2) is 13.4 Å². The molecule has 0 radical (unpaired) electrons. The van der Waals surface area contributed by atoms with Gasteiger partial charge in [0.25, 0.3) is 0 Å². The van der Waals surface area contributed by atoms with Gasteiger partial charge in [-0.2, -0.15) is 9.82 Å². The molecule has 0 aliphatic carbocycles. The first-order valence-electron chi connectivity index (χ1n) is 8.86. The summed E-state index contributed by atoms with van der Waals surface area (Å²) >= 11 is 1.43. The highest BCUT2D eigenvalue weighted by Crippen LogP contribution is 2.25. The number of aromatic nitrogens is 3. The summed E-state index contributed by atoms with van der Waals surface area (Å²) in [4.78, 5) is 17.1. The summed E-state index contributed by atoms with van der Waals surface area (Å²) in [6.07, 6.45) is 0.358. The lowest BCUT2D eigenvalue weighted by atomic mass is 10.0. The van der Waals surface area contributed by atoms with Crippen LogP contribution in [0.5, 0.6) is 0 Å². The van der Waals surface area contributed by atoms with Gasteiger partial charge in [0, 0.05) is 11.8 Å². The Balaban J connectivity index is 1.83. The summed E-state index contributed by atoms with van der Waals surface area (Å²) in [5, 5.41) is 10.2. The zero-order chi connectivity index (χ0) is 20.5. The molecular weight excluding hydrogens is 398 g/mol. The predicted molar refractivity (Wildman–Crippen MR) is 110 cm³/mol. The third-order valence-electron chi connectivity index (χ3n) is 4.06. The predicted octanol–water partition coefficient (Wildman–Crippen LogP) is 2.97. The number of sulfonamides is 1. The number of nitrogens with zero attached hydrogens (tertiary/aromatic N) is 2. The number of hydrogen-bond donors (Lipinski definition) is 3. The number of hydrogen-bond acceptors (Lipinski definition) is 6. The fourth-order valence-corrected chi connectivity index (χ4v) is 4.99. The number of amides is 1. The number of aryl methyl sites for hydroxylation is 2. The van der Waals surface area contributed by atoms with Crippen molar-refractivity contribution in [1.29, 1.82) is 0 Å². The van der Waals surface area contributed by atoms with Crippen molar-refractivity contribution in [3.8, 4) is 0 Å². The van der Waals surface area contributed by atoms with E-state index in [1.807, 2.05) is 27.7 Å². The molecule has 1 amide bonds. The second-order valence-electron chi connectivity index (χ2n) is 7.09. The summed E-state index contributed by atoms with van der Waals surface area (Å²) < 4.78 is 29.1. The van der Waals surface area contributed by atoms with Crippen molar-refractivity contribution in [2.45, 2.75) is 45.1 Å². The fraction of sp³-hybridized carbons (Fsp3) is 0.389. The lowest BCUT2D eigenvalue weighted by molar-refractivity contribution is -0.118. The normalized spacial score (nSPS) is 13.2. The van der Waals surface area contributed by atoms with E-state index in [1.165, 1.54) is 17.4 Å². The van der Waals surface area contributed by atoms with Gasteiger partial charge in [0.2, 0.25) is 15.9 Å². The maximum Gasteiger partial charge on any atom is 0.243 e. The first-order chi connectivity index (χ1) is 13.1. The minimum atomic E-state index is -3.88. The average Bonchev–Trinajstić information content (AvgIpc) is 3.17. The number of nitrogens with one attached hydrogen (secondary N) is 3. The Morgan fingerprint density at radius 3 is 2.64 bits per heavy atom. The molecule has 0 bridgehead atoms. The van der Waals surface area contributed by atoms with Gasteiger partial charge in [0.1, 0.15) is 6.04 Å². The van der Waals surface area contributed by atoms with E-state index < -0.39 is 22.0 Å². The van der Waals surface area contributed by atoms with Crippen LogP contribution in [0.2, 0.25) is 0 Å². The maximum absolute atomic E-state index is 12.9. The maximum atomic E-state index is 12.9. The van der Waals surface area contributed by atoms with Crippen molar-refractivity contribution in [3.63, 3.8) is 0 Å². The number of rotatable bonds is 7. The molecular formula is C18H23N5O3S2. The monoisotopic (exact) mass is 421 g/mol. The Kier molecular flexibility index (Phi) is 5.82. The van der Waals surface area contributed by atoms with Crippen molar-refractivity contribution in [2.75, 3.05) is 5.32 Å². The van der Waals surface area contributed by atoms with Gasteiger partial charge < -0.3 is 5.32 Å². The molecule has 28 heavy (non-hydrogen) atoms. The van der Waals surface area contributed by atoms with E-state index in [0.29, 0.717) is 12.2 Å². The summed E-state index contributed by atoms with van der Waals surface area (Å²) in [6.45, 7) is 7.55. The number of carbonyl (C=O) groups excluding carboxylic acids is 1. The van der Waals surface area contributed by atoms with E-state index in [4.69, 9.17) is 0 Å². The molecule has 3 N–H and O–H groups in total. The number of fused-ring (bicyclic) bond motifs is 1. The highest BCUT2D eigenvalue weighted by atomic mass is 32.2. The molecule has 0 aliphatic heterocycles. The number of anilines is 1. The summed E-state index contributed by atoms with van der Waals surface area (Å²) in [7, 11) is -3.88. The van der Waals surface area contributed by atoms with Crippen LogP contribution in [0.1, 0.15) is 31.0 Å². The zero-order valence-corrected chi connectivity index (χ0v) is 17.7. The fourth-order valence-electron chi connectivity index (χ4n) is 2.82. The Labute approximate surface area is 167 Å². The molecule has 2 heterocycles. The van der Waals surface area contributed by atoms with Crippen LogP contribution in [0.4, 0.5) is 5.82 Å². The van der Waals surface area contributed by atoms with Crippen LogP contribution in [0.25, 0.3) is 10.2 Å². The summed E-state index contributed by atoms with van der Waals surface area (Å²) in [6, 6.07) is 5.53. The standard InChI is InChI=1S/C18H23N5O3S2/c1-10(2)7-15(18(24)20-17-8-11(3)21-22-17)23-28(25,26)13-5-6-14-16(9-13)27-12(4)19-14/h5-6,8-10,15,23H,7H2,1-4H3,(H2,20,21,22,24). The molecule has 0 saturated heterocycles. The molecule has 3 rings (SSSR count). The van der Waals surface area contributed by atoms with Crippen LogP contribution in [-0.4, -0.2) is 35.5 Å². The van der Waals surface area contributed by atoms with E-state index in [2.05, 4.69) is 25.2 Å². The van der Waals surface area contributed by atoms with Crippen LogP contribution in [-0.2, 0) is 14.8 Å². The van der Waals surface area contributed by atoms with Crippen LogP contribution in [0.3, 0.4) is 0 Å². The molecule has 0 aliphatic rings. The zero-order valence-electron chi connectivity index (χ0n) is 16.1. The quantitative estimate of drug-likeness (QED) is 0.542. The molecule has 1 unspecified atom stereocenters. The summed E-state index contributed by atoms with van der Waals surface area (Å²) in [5.41, 5.74) is 1.55. The van der Waals surface area contributed by atoms with Gasteiger partial charge in [0.15, 0.2) is 5.82 Å². The average molecular weight is 422 g/mol. The van der Waals surface area contributed by atoms with Crippen molar-refractivity contribution in [2.24, 2.45) is 5.92 Å². The van der Waals surface area contributed by atoms with E-state index >= 15 is 0 Å². The lowest BCUT2D eigenvalue weighted by Gasteiger charge is -2.19. The molecule has 1 aromatic carbocycles. The molecule has 0 spiro atoms. The van der Waals surface area contributed by atoms with Gasteiger partial charge in [-0.3, -0.25) is 9.89 Å². The molecule has 2 aromatic heterocycles. The number of carbonyl (C=O) groups is 1. The molecule has 0 saturated carbocycles. The minimum Gasteiger partial charge on any atom is -0.308 e. The number of aromatic amines is 1. The van der Waals surface area contributed by atoms with Crippen molar-refractivity contribution < 1.29 is 13.2 Å². The minimum absolute atomic E-state index is 0.112. The second kappa shape index (κ2) is 7.98. The van der Waals surface area contributed by atoms with Gasteiger partial charge in [-0.05, 0) is 44.4 Å². The number of thiazole rings is 1. The Morgan fingerprint density at radius 2 is 2.00 bits per heavy atom. The smallest absolute Gasteiger partial charge is 0.243 e. The van der Waals surface area contributed by atoms with Gasteiger partial charge in [0.05, 0.1) is 20.1 Å². The van der Waals surface area contributed by atoms with Gasteiger partial charge in [-0.15, -0.1) is 11.3 Å². The first-order valence-corrected chi connectivity index (χ1v) is 11.2. The Hall–Kier alpha value is -2.30. The topological polar surface area (TPSA) is 117 Å². The van der Waals surface area contributed by atoms with Crippen LogP contribution in [0.15, 0.2) is 29.2 Å².